The summed E-state index contributed by atoms with van der Waals surface area (Å²) in [7, 11) is 1.64. The quantitative estimate of drug-likeness (QED) is 0.753. The average Bonchev–Trinajstić information content (AvgIpc) is 2.29. The molecule has 0 atom stereocenters. The molecule has 1 aromatic heterocycles. The lowest BCUT2D eigenvalue weighted by molar-refractivity contribution is 0.251. The van der Waals surface area contributed by atoms with Crippen LogP contribution >= 0.6 is 0 Å². The van der Waals surface area contributed by atoms with Crippen molar-refractivity contribution in [2.75, 3.05) is 6.61 Å². The maximum Gasteiger partial charge on any atom is 0.296 e. The van der Waals surface area contributed by atoms with E-state index in [4.69, 9.17) is 9.84 Å². The van der Waals surface area contributed by atoms with Gasteiger partial charge in [0.05, 0.1) is 13.2 Å². The Hall–Kier alpha value is -1.36. The summed E-state index contributed by atoms with van der Waals surface area (Å²) in [6.45, 7) is 3.96. The molecule has 1 heterocycles. The second kappa shape index (κ2) is 5.65. The first-order chi connectivity index (χ1) is 7.61. The number of hydrogen-bond donors (Lipinski definition) is 1. The van der Waals surface area contributed by atoms with Gasteiger partial charge in [-0.2, -0.15) is 0 Å². The fourth-order valence-electron chi connectivity index (χ4n) is 1.31. The molecule has 0 amide bonds. The van der Waals surface area contributed by atoms with Crippen LogP contribution in [-0.2, 0) is 13.7 Å². The van der Waals surface area contributed by atoms with Crippen LogP contribution in [-0.4, -0.2) is 21.3 Å². The largest absolute Gasteiger partial charge is 0.486 e. The van der Waals surface area contributed by atoms with Gasteiger partial charge in [0.2, 0.25) is 5.75 Å². The third kappa shape index (κ3) is 2.61. The van der Waals surface area contributed by atoms with Gasteiger partial charge in [0, 0.05) is 7.05 Å². The first-order valence-corrected chi connectivity index (χ1v) is 5.42. The molecule has 0 bridgehead atoms. The van der Waals surface area contributed by atoms with Gasteiger partial charge in [0.1, 0.15) is 11.5 Å². The molecule has 5 nitrogen and oxygen atoms in total. The molecule has 1 N–H and O–H groups in total. The Balaban J connectivity index is 3.05. The highest BCUT2D eigenvalue weighted by atomic mass is 16.5. The third-order valence-electron chi connectivity index (χ3n) is 2.44. The number of rotatable bonds is 5. The standard InChI is InChI=1S/C11H18N2O3/c1-4-5-6-16-10-9(7-14)12-8(2)13(3)11(10)15/h14H,4-7H2,1-3H3. The summed E-state index contributed by atoms with van der Waals surface area (Å²) in [5.74, 6) is 0.737. The molecule has 5 heteroatoms. The molecule has 0 aliphatic carbocycles. The normalized spacial score (nSPS) is 10.5. The minimum atomic E-state index is -0.279. The molecule has 0 aliphatic rings. The Morgan fingerprint density at radius 3 is 2.75 bits per heavy atom. The number of unbranched alkanes of at least 4 members (excludes halogenated alkanes) is 1. The van der Waals surface area contributed by atoms with E-state index in [2.05, 4.69) is 4.98 Å². The number of aliphatic hydroxyl groups excluding tert-OH is 1. The second-order valence-corrected chi connectivity index (χ2v) is 3.66. The van der Waals surface area contributed by atoms with E-state index >= 15 is 0 Å². The molecule has 1 aromatic rings. The van der Waals surface area contributed by atoms with Crippen LogP contribution < -0.4 is 10.3 Å². The number of aliphatic hydroxyl groups is 1. The highest BCUT2D eigenvalue weighted by Gasteiger charge is 2.13. The summed E-state index contributed by atoms with van der Waals surface area (Å²) in [6, 6.07) is 0. The van der Waals surface area contributed by atoms with E-state index < -0.39 is 0 Å². The van der Waals surface area contributed by atoms with Crippen LogP contribution in [0.3, 0.4) is 0 Å². The highest BCUT2D eigenvalue weighted by Crippen LogP contribution is 2.11. The number of ether oxygens (including phenoxy) is 1. The van der Waals surface area contributed by atoms with E-state index in [-0.39, 0.29) is 17.9 Å². The van der Waals surface area contributed by atoms with Gasteiger partial charge in [-0.05, 0) is 13.3 Å². The zero-order valence-electron chi connectivity index (χ0n) is 9.99. The molecule has 0 saturated carbocycles. The van der Waals surface area contributed by atoms with Crippen LogP contribution in [0.25, 0.3) is 0 Å². The van der Waals surface area contributed by atoms with Crippen LogP contribution in [0.5, 0.6) is 5.75 Å². The summed E-state index contributed by atoms with van der Waals surface area (Å²) in [5.41, 5.74) is 0.0735. The number of aromatic nitrogens is 2. The van der Waals surface area contributed by atoms with Crippen molar-refractivity contribution in [1.82, 2.24) is 9.55 Å². The minimum Gasteiger partial charge on any atom is -0.486 e. The first kappa shape index (κ1) is 12.7. The minimum absolute atomic E-state index is 0.170. The molecule has 0 saturated heterocycles. The molecule has 0 spiro atoms. The SMILES string of the molecule is CCCCOc1c(CO)nc(C)n(C)c1=O. The Morgan fingerprint density at radius 1 is 1.50 bits per heavy atom. The first-order valence-electron chi connectivity index (χ1n) is 5.42. The van der Waals surface area contributed by atoms with E-state index in [9.17, 15) is 4.79 Å². The fraction of sp³-hybridized carbons (Fsp3) is 0.636. The molecule has 0 aliphatic heterocycles. The lowest BCUT2D eigenvalue weighted by atomic mass is 10.3. The maximum atomic E-state index is 11.9. The predicted molar refractivity (Wildman–Crippen MR) is 60.5 cm³/mol. The summed E-state index contributed by atoms with van der Waals surface area (Å²) >= 11 is 0. The van der Waals surface area contributed by atoms with Crippen molar-refractivity contribution in [2.45, 2.75) is 33.3 Å². The van der Waals surface area contributed by atoms with Crippen molar-refractivity contribution in [3.8, 4) is 5.75 Å². The van der Waals surface area contributed by atoms with Crippen LogP contribution in [0.2, 0.25) is 0 Å². The second-order valence-electron chi connectivity index (χ2n) is 3.66. The number of aryl methyl sites for hydroxylation is 1. The van der Waals surface area contributed by atoms with Gasteiger partial charge in [-0.15, -0.1) is 0 Å². The van der Waals surface area contributed by atoms with E-state index in [0.717, 1.165) is 12.8 Å². The zero-order chi connectivity index (χ0) is 12.1. The molecule has 16 heavy (non-hydrogen) atoms. The molecule has 0 unspecified atom stereocenters. The lowest BCUT2D eigenvalue weighted by Gasteiger charge is -2.11. The van der Waals surface area contributed by atoms with Crippen molar-refractivity contribution in [2.24, 2.45) is 7.05 Å². The highest BCUT2D eigenvalue weighted by molar-refractivity contribution is 5.25. The third-order valence-corrected chi connectivity index (χ3v) is 2.44. The zero-order valence-corrected chi connectivity index (χ0v) is 9.99. The summed E-state index contributed by atoms with van der Waals surface area (Å²) in [4.78, 5) is 16.0. The summed E-state index contributed by atoms with van der Waals surface area (Å²) < 4.78 is 6.80. The van der Waals surface area contributed by atoms with Crippen molar-refractivity contribution in [3.05, 3.63) is 21.9 Å². The summed E-state index contributed by atoms with van der Waals surface area (Å²) in [5, 5.41) is 9.12. The Bertz CT molecular complexity index is 412. The van der Waals surface area contributed by atoms with Gasteiger partial charge in [-0.3, -0.25) is 9.36 Å². The van der Waals surface area contributed by atoms with Gasteiger partial charge >= 0.3 is 0 Å². The summed E-state index contributed by atoms with van der Waals surface area (Å²) in [6.07, 6.45) is 1.87. The molecule has 0 fully saturated rings. The van der Waals surface area contributed by atoms with Gasteiger partial charge in [0.15, 0.2) is 0 Å². The molecule has 0 aromatic carbocycles. The van der Waals surface area contributed by atoms with Crippen LogP contribution in [0.1, 0.15) is 31.3 Å². The molecular weight excluding hydrogens is 208 g/mol. The monoisotopic (exact) mass is 226 g/mol. The van der Waals surface area contributed by atoms with Crippen molar-refractivity contribution < 1.29 is 9.84 Å². The maximum absolute atomic E-state index is 11.9. The lowest BCUT2D eigenvalue weighted by Crippen LogP contribution is -2.25. The molecule has 90 valence electrons. The van der Waals surface area contributed by atoms with Crippen molar-refractivity contribution >= 4 is 0 Å². The Labute approximate surface area is 94.7 Å². The van der Waals surface area contributed by atoms with E-state index in [1.165, 1.54) is 4.57 Å². The van der Waals surface area contributed by atoms with E-state index in [0.29, 0.717) is 18.1 Å². The Morgan fingerprint density at radius 2 is 2.19 bits per heavy atom. The van der Waals surface area contributed by atoms with Crippen molar-refractivity contribution in [1.29, 1.82) is 0 Å². The fourth-order valence-corrected chi connectivity index (χ4v) is 1.31. The van der Waals surface area contributed by atoms with Gasteiger partial charge < -0.3 is 9.84 Å². The van der Waals surface area contributed by atoms with Crippen LogP contribution in [0.4, 0.5) is 0 Å². The molecule has 0 radical (unpaired) electrons. The number of hydrogen-bond acceptors (Lipinski definition) is 4. The van der Waals surface area contributed by atoms with Gasteiger partial charge in [0.25, 0.3) is 5.56 Å². The Kier molecular flexibility index (Phi) is 4.49. The van der Waals surface area contributed by atoms with Crippen LogP contribution in [0, 0.1) is 6.92 Å². The molecule has 1 rings (SSSR count). The molecular formula is C11H18N2O3. The van der Waals surface area contributed by atoms with E-state index in [1.807, 2.05) is 6.92 Å². The number of nitrogens with zero attached hydrogens (tertiary/aromatic N) is 2. The van der Waals surface area contributed by atoms with Crippen molar-refractivity contribution in [3.63, 3.8) is 0 Å². The van der Waals surface area contributed by atoms with E-state index in [1.54, 1.807) is 14.0 Å². The topological polar surface area (TPSA) is 64.3 Å². The average molecular weight is 226 g/mol. The smallest absolute Gasteiger partial charge is 0.296 e. The van der Waals surface area contributed by atoms with Gasteiger partial charge in [-0.1, -0.05) is 13.3 Å². The van der Waals surface area contributed by atoms with Crippen LogP contribution in [0.15, 0.2) is 4.79 Å². The predicted octanol–water partition coefficient (Wildman–Crippen LogP) is 0.760. The van der Waals surface area contributed by atoms with Gasteiger partial charge in [-0.25, -0.2) is 4.98 Å².